The van der Waals surface area contributed by atoms with Crippen molar-refractivity contribution in [2.45, 2.75) is 32.5 Å². The number of rotatable bonds is 7. The van der Waals surface area contributed by atoms with Gasteiger partial charge in [-0.15, -0.1) is 0 Å². The van der Waals surface area contributed by atoms with Crippen LogP contribution in [0, 0.1) is 0 Å². The van der Waals surface area contributed by atoms with Gasteiger partial charge in [-0.25, -0.2) is 9.78 Å². The van der Waals surface area contributed by atoms with Crippen molar-refractivity contribution < 1.29 is 32.3 Å². The lowest BCUT2D eigenvalue weighted by Gasteiger charge is -2.11. The van der Waals surface area contributed by atoms with Gasteiger partial charge in [0.25, 0.3) is 5.91 Å². The minimum absolute atomic E-state index is 0.0733. The lowest BCUT2D eigenvalue weighted by atomic mass is 10.3. The molecule has 152 valence electrons. The molecule has 0 saturated heterocycles. The monoisotopic (exact) mass is 400 g/mol. The fourth-order valence-corrected chi connectivity index (χ4v) is 2.36. The molecule has 28 heavy (non-hydrogen) atoms. The highest BCUT2D eigenvalue weighted by atomic mass is 19.4. The number of imidazole rings is 1. The standard InChI is InChI=1S/C17H19F3N4O4/c1-2-3-8-21-16(27)23-13(25)10-28-14(26)9-24-12-7-5-4-6-11(12)22-15(24)17(18,19)20/h4-7H,2-3,8-10H2,1H3,(H2,21,23,25,27). The largest absolute Gasteiger partial charge is 0.454 e. The third kappa shape index (κ3) is 5.69. The van der Waals surface area contributed by atoms with Crippen LogP contribution in [0.2, 0.25) is 0 Å². The van der Waals surface area contributed by atoms with Crippen molar-refractivity contribution in [3.8, 4) is 0 Å². The molecule has 2 aromatic rings. The Labute approximate surface area is 158 Å². The maximum Gasteiger partial charge on any atom is 0.449 e. The van der Waals surface area contributed by atoms with Crippen molar-refractivity contribution in [3.05, 3.63) is 30.1 Å². The van der Waals surface area contributed by atoms with Crippen LogP contribution in [0.5, 0.6) is 0 Å². The Morgan fingerprint density at radius 1 is 1.21 bits per heavy atom. The highest BCUT2D eigenvalue weighted by molar-refractivity contribution is 5.95. The molecule has 0 saturated carbocycles. The number of nitrogens with one attached hydrogen (secondary N) is 2. The van der Waals surface area contributed by atoms with Gasteiger partial charge in [-0.1, -0.05) is 25.5 Å². The summed E-state index contributed by atoms with van der Waals surface area (Å²) in [5.74, 6) is -3.21. The summed E-state index contributed by atoms with van der Waals surface area (Å²) in [6.45, 7) is 0.723. The highest BCUT2D eigenvalue weighted by Gasteiger charge is 2.38. The Morgan fingerprint density at radius 2 is 1.93 bits per heavy atom. The molecule has 0 unspecified atom stereocenters. The number of ether oxygens (including phenoxy) is 1. The molecule has 0 bridgehead atoms. The first-order chi connectivity index (χ1) is 13.2. The molecule has 0 atom stereocenters. The summed E-state index contributed by atoms with van der Waals surface area (Å²) in [4.78, 5) is 38.4. The van der Waals surface area contributed by atoms with E-state index in [1.54, 1.807) is 0 Å². The molecule has 2 N–H and O–H groups in total. The first-order valence-electron chi connectivity index (χ1n) is 8.48. The molecule has 0 fully saturated rings. The number of unbranched alkanes of at least 4 members (excludes halogenated alkanes) is 1. The number of urea groups is 1. The molecule has 8 nitrogen and oxygen atoms in total. The van der Waals surface area contributed by atoms with Gasteiger partial charge in [0.15, 0.2) is 6.61 Å². The molecular formula is C17H19F3N4O4. The zero-order valence-corrected chi connectivity index (χ0v) is 15.0. The average Bonchev–Trinajstić information content (AvgIpc) is 2.99. The average molecular weight is 400 g/mol. The van der Waals surface area contributed by atoms with Crippen molar-refractivity contribution in [2.24, 2.45) is 0 Å². The van der Waals surface area contributed by atoms with Crippen LogP contribution in [0.25, 0.3) is 11.0 Å². The lowest BCUT2D eigenvalue weighted by Crippen LogP contribution is -2.41. The van der Waals surface area contributed by atoms with E-state index in [9.17, 15) is 27.6 Å². The number of fused-ring (bicyclic) bond motifs is 1. The van der Waals surface area contributed by atoms with E-state index in [0.717, 1.165) is 12.8 Å². The molecular weight excluding hydrogens is 381 g/mol. The Morgan fingerprint density at radius 3 is 2.61 bits per heavy atom. The summed E-state index contributed by atoms with van der Waals surface area (Å²) >= 11 is 0. The zero-order valence-electron chi connectivity index (χ0n) is 15.0. The number of para-hydroxylation sites is 2. The molecule has 0 radical (unpaired) electrons. The van der Waals surface area contributed by atoms with Crippen molar-refractivity contribution in [2.75, 3.05) is 13.2 Å². The summed E-state index contributed by atoms with van der Waals surface area (Å²) in [5, 5.41) is 4.39. The minimum Gasteiger partial charge on any atom is -0.454 e. The second-order valence-corrected chi connectivity index (χ2v) is 5.83. The van der Waals surface area contributed by atoms with E-state index in [2.05, 4.69) is 15.0 Å². The van der Waals surface area contributed by atoms with E-state index < -0.39 is 43.1 Å². The first kappa shape index (κ1) is 21.2. The van der Waals surface area contributed by atoms with Crippen LogP contribution in [0.4, 0.5) is 18.0 Å². The van der Waals surface area contributed by atoms with E-state index in [1.807, 2.05) is 12.2 Å². The van der Waals surface area contributed by atoms with Crippen molar-refractivity contribution in [3.63, 3.8) is 0 Å². The van der Waals surface area contributed by atoms with Gasteiger partial charge in [0, 0.05) is 6.54 Å². The molecule has 0 spiro atoms. The predicted octanol–water partition coefficient (Wildman–Crippen LogP) is 2.22. The number of benzene rings is 1. The number of hydrogen-bond donors (Lipinski definition) is 2. The fourth-order valence-electron chi connectivity index (χ4n) is 2.36. The highest BCUT2D eigenvalue weighted by Crippen LogP contribution is 2.31. The third-order valence-corrected chi connectivity index (χ3v) is 3.63. The van der Waals surface area contributed by atoms with Crippen LogP contribution in [0.1, 0.15) is 25.6 Å². The number of nitrogens with zero attached hydrogens (tertiary/aromatic N) is 2. The number of hydrogen-bond acceptors (Lipinski definition) is 5. The van der Waals surface area contributed by atoms with Gasteiger partial charge >= 0.3 is 18.2 Å². The Hall–Kier alpha value is -3.11. The number of aromatic nitrogens is 2. The SMILES string of the molecule is CCCCNC(=O)NC(=O)COC(=O)Cn1c(C(F)(F)F)nc2ccccc21. The summed E-state index contributed by atoms with van der Waals surface area (Å²) in [5.41, 5.74) is 0.177. The number of imide groups is 1. The minimum atomic E-state index is -4.77. The van der Waals surface area contributed by atoms with Crippen molar-refractivity contribution >= 4 is 28.9 Å². The first-order valence-corrected chi connectivity index (χ1v) is 8.48. The summed E-state index contributed by atoms with van der Waals surface area (Å²) < 4.78 is 44.9. The molecule has 0 aliphatic heterocycles. The Kier molecular flexibility index (Phi) is 6.96. The van der Waals surface area contributed by atoms with Gasteiger partial charge in [-0.05, 0) is 18.6 Å². The van der Waals surface area contributed by atoms with Crippen LogP contribution in [0.15, 0.2) is 24.3 Å². The zero-order chi connectivity index (χ0) is 20.7. The van der Waals surface area contributed by atoms with Gasteiger partial charge in [-0.2, -0.15) is 13.2 Å². The van der Waals surface area contributed by atoms with Crippen LogP contribution < -0.4 is 10.6 Å². The van der Waals surface area contributed by atoms with Gasteiger partial charge in [-0.3, -0.25) is 14.9 Å². The quantitative estimate of drug-likeness (QED) is 0.548. The smallest absolute Gasteiger partial charge is 0.449 e. The van der Waals surface area contributed by atoms with Crippen LogP contribution in [-0.4, -0.2) is 40.6 Å². The fraction of sp³-hybridized carbons (Fsp3) is 0.412. The Balaban J connectivity index is 1.96. The predicted molar refractivity (Wildman–Crippen MR) is 92.1 cm³/mol. The van der Waals surface area contributed by atoms with E-state index in [-0.39, 0.29) is 11.0 Å². The van der Waals surface area contributed by atoms with Gasteiger partial charge < -0.3 is 14.6 Å². The number of halogens is 3. The van der Waals surface area contributed by atoms with E-state index in [1.165, 1.54) is 24.3 Å². The number of amides is 3. The lowest BCUT2D eigenvalue weighted by molar-refractivity contribution is -0.153. The molecule has 2 rings (SSSR count). The van der Waals surface area contributed by atoms with Gasteiger partial charge in [0.05, 0.1) is 11.0 Å². The second kappa shape index (κ2) is 9.20. The number of carbonyl (C=O) groups excluding carboxylic acids is 3. The topological polar surface area (TPSA) is 102 Å². The molecule has 11 heteroatoms. The molecule has 3 amide bonds. The maximum atomic E-state index is 13.2. The summed E-state index contributed by atoms with van der Waals surface area (Å²) in [7, 11) is 0. The molecule has 1 aromatic carbocycles. The van der Waals surface area contributed by atoms with Crippen molar-refractivity contribution in [1.29, 1.82) is 0 Å². The molecule has 1 heterocycles. The summed E-state index contributed by atoms with van der Waals surface area (Å²) in [6, 6.07) is 5.06. The number of esters is 1. The van der Waals surface area contributed by atoms with E-state index >= 15 is 0 Å². The van der Waals surface area contributed by atoms with Gasteiger partial charge in [0.1, 0.15) is 6.54 Å². The van der Waals surface area contributed by atoms with E-state index in [4.69, 9.17) is 0 Å². The van der Waals surface area contributed by atoms with Crippen molar-refractivity contribution in [1.82, 2.24) is 20.2 Å². The van der Waals surface area contributed by atoms with Crippen LogP contribution >= 0.6 is 0 Å². The van der Waals surface area contributed by atoms with Gasteiger partial charge in [0.2, 0.25) is 5.82 Å². The number of alkyl halides is 3. The molecule has 0 aliphatic rings. The third-order valence-electron chi connectivity index (χ3n) is 3.63. The number of carbonyl (C=O) groups is 3. The molecule has 0 aliphatic carbocycles. The Bertz CT molecular complexity index is 864. The van der Waals surface area contributed by atoms with Crippen LogP contribution in [-0.2, 0) is 27.0 Å². The normalized spacial score (nSPS) is 11.3. The second-order valence-electron chi connectivity index (χ2n) is 5.83. The summed E-state index contributed by atoms with van der Waals surface area (Å²) in [6.07, 6.45) is -3.18. The molecule has 1 aromatic heterocycles. The van der Waals surface area contributed by atoms with Crippen LogP contribution in [0.3, 0.4) is 0 Å². The maximum absolute atomic E-state index is 13.2. The van der Waals surface area contributed by atoms with E-state index in [0.29, 0.717) is 11.1 Å².